The van der Waals surface area contributed by atoms with Crippen LogP contribution in [0.5, 0.6) is 5.75 Å². The van der Waals surface area contributed by atoms with E-state index in [0.717, 1.165) is 77.9 Å². The molecule has 4 nitrogen and oxygen atoms in total. The maximum Gasteiger partial charge on any atom is 0.144 e. The van der Waals surface area contributed by atoms with Crippen LogP contribution in [0, 0.1) is 12.9 Å². The van der Waals surface area contributed by atoms with Gasteiger partial charge in [-0.3, -0.25) is 4.98 Å². The van der Waals surface area contributed by atoms with Crippen LogP contribution in [-0.2, 0) is 38.4 Å². The first-order valence-electron chi connectivity index (χ1n) is 22.7. The van der Waals surface area contributed by atoms with E-state index in [1.54, 1.807) is 18.3 Å². The van der Waals surface area contributed by atoms with Crippen LogP contribution in [0.1, 0.15) is 67.9 Å². The molecule has 9 rings (SSSR count). The molecule has 0 amide bonds. The zero-order valence-corrected chi connectivity index (χ0v) is 38.8. The minimum absolute atomic E-state index is 0. The summed E-state index contributed by atoms with van der Waals surface area (Å²) in [4.78, 5) is 10.4. The second kappa shape index (κ2) is 17.4. The number of hydrogen-bond acceptors (Lipinski definition) is 3. The van der Waals surface area contributed by atoms with E-state index in [1.165, 1.54) is 5.56 Å². The minimum atomic E-state index is -2.17. The normalized spacial score (nSPS) is 12.6. The Kier molecular flexibility index (Phi) is 10.9. The van der Waals surface area contributed by atoms with Crippen LogP contribution in [0.3, 0.4) is 0 Å². The van der Waals surface area contributed by atoms with Gasteiger partial charge in [-0.05, 0) is 80.9 Å². The van der Waals surface area contributed by atoms with Gasteiger partial charge in [0.25, 0.3) is 0 Å². The summed E-state index contributed by atoms with van der Waals surface area (Å²) in [6, 6.07) is 58.7. The summed E-state index contributed by atoms with van der Waals surface area (Å²) in [5.74, 6) is 0.825. The fraction of sp³-hybridized carbons (Fsp3) is 0.172. The Bertz CT molecular complexity index is 3160. The molecule has 0 radical (unpaired) electrons. The van der Waals surface area contributed by atoms with Crippen LogP contribution in [0.25, 0.3) is 78.2 Å². The van der Waals surface area contributed by atoms with Gasteiger partial charge in [0.1, 0.15) is 11.6 Å². The van der Waals surface area contributed by atoms with E-state index >= 15 is 0 Å². The van der Waals surface area contributed by atoms with Gasteiger partial charge >= 0.3 is 0 Å². The Labute approximate surface area is 390 Å². The zero-order chi connectivity index (χ0) is 45.7. The molecule has 5 heteroatoms. The van der Waals surface area contributed by atoms with Gasteiger partial charge < -0.3 is 9.67 Å². The summed E-state index contributed by atoms with van der Waals surface area (Å²) < 4.78 is 25.7. The van der Waals surface area contributed by atoms with E-state index in [1.807, 2.05) is 72.8 Å². The fourth-order valence-corrected chi connectivity index (χ4v) is 8.17. The Balaban J connectivity index is 0.00000592. The standard InChI is InChI=1S/C58H52N3O.Pt/c1-38-21-25-41(26-22-38)43-29-30-59-52(36-43)46-31-45(32-48(33-46)58(5,6)7)49-19-14-20-53-54(49)60-56(61(53)37-39-23-27-47(28-24-39)57(2,3)4)51-35-44(40-15-10-8-11-16-40)34-50(55(51)62)42-17-12-9-13-18-42;/h8-30,32-36,62H,37H2,1-7H3;/q-1;/i1D3;. The quantitative estimate of drug-likeness (QED) is 0.154. The summed E-state index contributed by atoms with van der Waals surface area (Å²) in [5, 5.41) is 12.4. The summed E-state index contributed by atoms with van der Waals surface area (Å²) in [6.45, 7) is 11.6. The molecule has 0 fully saturated rings. The molecule has 9 aromatic rings. The van der Waals surface area contributed by atoms with Gasteiger partial charge in [-0.15, -0.1) is 29.3 Å². The number of rotatable bonds is 8. The molecular weight excluding hydrogens is 950 g/mol. The van der Waals surface area contributed by atoms with E-state index in [9.17, 15) is 5.11 Å². The van der Waals surface area contributed by atoms with Crippen LogP contribution in [0.15, 0.2) is 170 Å². The molecule has 0 bridgehead atoms. The number of aromatic nitrogens is 3. The number of aromatic hydroxyl groups is 1. The minimum Gasteiger partial charge on any atom is -0.507 e. The first-order valence-corrected chi connectivity index (χ1v) is 21.2. The third-order valence-electron chi connectivity index (χ3n) is 11.8. The van der Waals surface area contributed by atoms with Gasteiger partial charge in [0.05, 0.1) is 16.6 Å². The largest absolute Gasteiger partial charge is 0.507 e. The molecule has 0 aliphatic rings. The summed E-state index contributed by atoms with van der Waals surface area (Å²) in [5.41, 5.74) is 14.8. The fourth-order valence-electron chi connectivity index (χ4n) is 8.17. The number of benzene rings is 7. The Morgan fingerprint density at radius 2 is 1.21 bits per heavy atom. The second-order valence-electron chi connectivity index (χ2n) is 18.2. The first kappa shape index (κ1) is 39.5. The molecule has 0 spiro atoms. The molecule has 0 saturated carbocycles. The van der Waals surface area contributed by atoms with Crippen molar-refractivity contribution in [3.8, 4) is 72.9 Å². The Morgan fingerprint density at radius 1 is 0.571 bits per heavy atom. The number of phenolic OH excluding ortho intramolecular Hbond substituents is 1. The SMILES string of the molecule is [2H]C([2H])([2H])c1ccc(-c2ccnc(-c3[c-]c(-c4cccc5c4nc(-c4cc(-c6ccccc6)cc(-c6ccccc6)c4O)n5Cc4ccc(C(C)(C)C)cc4)cc(C(C)(C)C)c3)c2)cc1.[Pt]. The maximum absolute atomic E-state index is 12.4. The molecule has 0 atom stereocenters. The van der Waals surface area contributed by atoms with Gasteiger partial charge in [-0.1, -0.05) is 186 Å². The predicted molar refractivity (Wildman–Crippen MR) is 258 cm³/mol. The van der Waals surface area contributed by atoms with Gasteiger partial charge in [-0.2, -0.15) is 0 Å². The monoisotopic (exact) mass is 1000 g/mol. The molecule has 316 valence electrons. The number of nitrogens with zero attached hydrogens (tertiary/aromatic N) is 3. The van der Waals surface area contributed by atoms with E-state index < -0.39 is 6.85 Å². The molecule has 0 aliphatic carbocycles. The number of para-hydroxylation sites is 1. The number of imidazole rings is 1. The van der Waals surface area contributed by atoms with E-state index in [-0.39, 0.29) is 37.6 Å². The zero-order valence-electron chi connectivity index (χ0n) is 39.5. The van der Waals surface area contributed by atoms with Gasteiger partial charge in [0, 0.05) is 49.2 Å². The van der Waals surface area contributed by atoms with Crippen molar-refractivity contribution in [2.24, 2.45) is 0 Å². The van der Waals surface area contributed by atoms with Crippen LogP contribution >= 0.6 is 0 Å². The first-order chi connectivity index (χ1) is 31.0. The molecule has 63 heavy (non-hydrogen) atoms. The number of aryl methyl sites for hydroxylation is 1. The van der Waals surface area contributed by atoms with Crippen molar-refractivity contribution in [2.75, 3.05) is 0 Å². The summed E-state index contributed by atoms with van der Waals surface area (Å²) >= 11 is 0. The Morgan fingerprint density at radius 3 is 1.87 bits per heavy atom. The molecular formula is C58H52N3OPt-. The predicted octanol–water partition coefficient (Wildman–Crippen LogP) is 14.9. The van der Waals surface area contributed by atoms with Crippen molar-refractivity contribution in [1.82, 2.24) is 14.5 Å². The number of phenols is 1. The molecule has 7 aromatic carbocycles. The maximum atomic E-state index is 12.4. The molecule has 0 unspecified atom stereocenters. The van der Waals surface area contributed by atoms with Gasteiger partial charge in [-0.25, -0.2) is 4.98 Å². The topological polar surface area (TPSA) is 50.9 Å². The smallest absolute Gasteiger partial charge is 0.144 e. The van der Waals surface area contributed by atoms with Gasteiger partial charge in [0.2, 0.25) is 0 Å². The van der Waals surface area contributed by atoms with Crippen LogP contribution in [0.4, 0.5) is 0 Å². The number of pyridine rings is 1. The van der Waals surface area contributed by atoms with Gasteiger partial charge in [0.15, 0.2) is 0 Å². The average molecular weight is 1010 g/mol. The molecule has 2 aromatic heterocycles. The summed E-state index contributed by atoms with van der Waals surface area (Å²) in [7, 11) is 0. The van der Waals surface area contributed by atoms with E-state index in [0.29, 0.717) is 23.5 Å². The molecule has 0 aliphatic heterocycles. The third kappa shape index (κ3) is 8.97. The van der Waals surface area contributed by atoms with Crippen molar-refractivity contribution in [3.05, 3.63) is 198 Å². The summed E-state index contributed by atoms with van der Waals surface area (Å²) in [6.07, 6.45) is 1.79. The number of fused-ring (bicyclic) bond motifs is 1. The number of hydrogen-bond donors (Lipinski definition) is 1. The second-order valence-corrected chi connectivity index (χ2v) is 18.2. The van der Waals surface area contributed by atoms with E-state index in [4.69, 9.17) is 14.1 Å². The van der Waals surface area contributed by atoms with Crippen LogP contribution in [-0.4, -0.2) is 19.6 Å². The van der Waals surface area contributed by atoms with Crippen molar-refractivity contribution in [1.29, 1.82) is 0 Å². The molecule has 0 saturated heterocycles. The molecule has 1 N–H and O–H groups in total. The van der Waals surface area contributed by atoms with E-state index in [2.05, 4.69) is 131 Å². The van der Waals surface area contributed by atoms with Crippen molar-refractivity contribution in [2.45, 2.75) is 65.8 Å². The van der Waals surface area contributed by atoms with Crippen molar-refractivity contribution in [3.63, 3.8) is 0 Å². The average Bonchev–Trinajstić information content (AvgIpc) is 3.66. The van der Waals surface area contributed by atoms with Crippen LogP contribution < -0.4 is 0 Å². The van der Waals surface area contributed by atoms with Crippen LogP contribution in [0.2, 0.25) is 0 Å². The Hall–Kier alpha value is -6.35. The van der Waals surface area contributed by atoms with Crippen molar-refractivity contribution >= 4 is 11.0 Å². The third-order valence-corrected chi connectivity index (χ3v) is 11.8. The van der Waals surface area contributed by atoms with Crippen molar-refractivity contribution < 1.29 is 30.3 Å². The molecule has 2 heterocycles.